The first-order chi connectivity index (χ1) is 16.6. The smallest absolute Gasteiger partial charge is 0.326 e. The third-order valence-corrected chi connectivity index (χ3v) is 5.19. The Bertz CT molecular complexity index is 797. The molecule has 0 aliphatic heterocycles. The topological polar surface area (TPSA) is 258 Å². The number of rotatable bonds is 17. The van der Waals surface area contributed by atoms with Crippen molar-refractivity contribution in [1.82, 2.24) is 16.0 Å². The number of hydrogen-bond donors (Lipinski definition) is 8. The van der Waals surface area contributed by atoms with E-state index in [-0.39, 0.29) is 43.5 Å². The molecule has 0 spiro atoms. The van der Waals surface area contributed by atoms with Gasteiger partial charge in [0.1, 0.15) is 18.1 Å². The fourth-order valence-electron chi connectivity index (χ4n) is 3.23. The summed E-state index contributed by atoms with van der Waals surface area (Å²) >= 11 is 0. The molecule has 0 bridgehead atoms. The number of nitrogens with one attached hydrogen (secondary N) is 3. The Morgan fingerprint density at radius 2 is 1.42 bits per heavy atom. The van der Waals surface area contributed by atoms with Gasteiger partial charge in [-0.05, 0) is 37.5 Å². The number of primary amides is 1. The van der Waals surface area contributed by atoms with Crippen LogP contribution < -0.4 is 38.9 Å². The van der Waals surface area contributed by atoms with Gasteiger partial charge in [0.2, 0.25) is 23.6 Å². The standard InChI is InChI=1S/C22H42N8O6/c1-11(2)10-15(21(35)36)29-19(33)14(7-8-16(24)31)28-20(34)17(12(3)4)30-18(32)13(23)6-5-9-27-22(25)26/h11-15,17H,5-10,23H2,1-4H3,(H2,24,31)(H,28,34)(H,29,33)(H,30,32)(H,35,36)(H4,25,26,27). The fraction of sp³-hybridized carbons (Fsp3) is 0.727. The highest BCUT2D eigenvalue weighted by atomic mass is 16.4. The van der Waals surface area contributed by atoms with Gasteiger partial charge in [0.25, 0.3) is 0 Å². The molecule has 0 aromatic carbocycles. The number of carbonyl (C=O) groups excluding carboxylic acids is 4. The van der Waals surface area contributed by atoms with Gasteiger partial charge < -0.3 is 44.0 Å². The van der Waals surface area contributed by atoms with Gasteiger partial charge in [0.15, 0.2) is 5.96 Å². The van der Waals surface area contributed by atoms with Crippen LogP contribution in [0.2, 0.25) is 0 Å². The maximum absolute atomic E-state index is 13.0. The van der Waals surface area contributed by atoms with E-state index in [0.29, 0.717) is 13.0 Å². The highest BCUT2D eigenvalue weighted by Crippen LogP contribution is 2.09. The number of nitrogens with zero attached hydrogens (tertiary/aromatic N) is 1. The molecule has 0 saturated carbocycles. The molecule has 0 aliphatic carbocycles. The zero-order valence-electron chi connectivity index (χ0n) is 21.5. The minimum Gasteiger partial charge on any atom is -0.480 e. The normalized spacial score (nSPS) is 14.3. The molecule has 0 fully saturated rings. The summed E-state index contributed by atoms with van der Waals surface area (Å²) in [4.78, 5) is 65.0. The lowest BCUT2D eigenvalue weighted by molar-refractivity contribution is -0.143. The van der Waals surface area contributed by atoms with Gasteiger partial charge in [0.05, 0.1) is 6.04 Å². The van der Waals surface area contributed by atoms with Gasteiger partial charge in [-0.1, -0.05) is 27.7 Å². The maximum atomic E-state index is 13.0. The lowest BCUT2D eigenvalue weighted by Crippen LogP contribution is -2.58. The molecule has 0 rings (SSSR count). The molecule has 4 amide bonds. The number of carboxylic acid groups (broad SMARTS) is 1. The van der Waals surface area contributed by atoms with Gasteiger partial charge in [0, 0.05) is 13.0 Å². The largest absolute Gasteiger partial charge is 0.480 e. The van der Waals surface area contributed by atoms with Gasteiger partial charge in [-0.2, -0.15) is 0 Å². The molecular weight excluding hydrogens is 472 g/mol. The van der Waals surface area contributed by atoms with Crippen LogP contribution in [-0.4, -0.2) is 71.4 Å². The van der Waals surface area contributed by atoms with Crippen molar-refractivity contribution < 1.29 is 29.1 Å². The van der Waals surface area contributed by atoms with Gasteiger partial charge in [-0.3, -0.25) is 24.2 Å². The van der Waals surface area contributed by atoms with Crippen molar-refractivity contribution >= 4 is 35.6 Å². The second kappa shape index (κ2) is 16.3. The van der Waals surface area contributed by atoms with Crippen molar-refractivity contribution in [3.05, 3.63) is 0 Å². The van der Waals surface area contributed by atoms with Gasteiger partial charge >= 0.3 is 5.97 Å². The predicted octanol–water partition coefficient (Wildman–Crippen LogP) is -2.13. The molecule has 0 aromatic rings. The number of hydrogen-bond acceptors (Lipinski definition) is 7. The third-order valence-electron chi connectivity index (χ3n) is 5.19. The molecule has 14 nitrogen and oxygen atoms in total. The molecule has 0 radical (unpaired) electrons. The molecule has 36 heavy (non-hydrogen) atoms. The van der Waals surface area contributed by atoms with Crippen molar-refractivity contribution in [3.8, 4) is 0 Å². The Morgan fingerprint density at radius 1 is 0.833 bits per heavy atom. The second-order valence-corrected chi connectivity index (χ2v) is 9.38. The van der Waals surface area contributed by atoms with E-state index >= 15 is 0 Å². The molecule has 206 valence electrons. The van der Waals surface area contributed by atoms with E-state index in [0.717, 1.165) is 0 Å². The van der Waals surface area contributed by atoms with E-state index in [2.05, 4.69) is 20.9 Å². The van der Waals surface area contributed by atoms with Crippen LogP contribution in [0.4, 0.5) is 0 Å². The average molecular weight is 515 g/mol. The number of nitrogens with two attached hydrogens (primary N) is 4. The average Bonchev–Trinajstić information content (AvgIpc) is 2.75. The van der Waals surface area contributed by atoms with Crippen molar-refractivity contribution in [3.63, 3.8) is 0 Å². The summed E-state index contributed by atoms with van der Waals surface area (Å²) in [5.41, 5.74) is 21.6. The molecule has 4 unspecified atom stereocenters. The monoisotopic (exact) mass is 514 g/mol. The van der Waals surface area contributed by atoms with Crippen LogP contribution in [0.15, 0.2) is 4.99 Å². The molecule has 0 heterocycles. The Kier molecular flexibility index (Phi) is 14.7. The van der Waals surface area contributed by atoms with Gasteiger partial charge in [-0.25, -0.2) is 4.79 Å². The zero-order chi connectivity index (χ0) is 28.0. The van der Waals surface area contributed by atoms with Crippen LogP contribution in [0.3, 0.4) is 0 Å². The maximum Gasteiger partial charge on any atom is 0.326 e. The van der Waals surface area contributed by atoms with Crippen LogP contribution in [0.5, 0.6) is 0 Å². The summed E-state index contributed by atoms with van der Waals surface area (Å²) in [6.45, 7) is 7.28. The Balaban J connectivity index is 5.39. The van der Waals surface area contributed by atoms with E-state index in [1.54, 1.807) is 27.7 Å². The summed E-state index contributed by atoms with van der Waals surface area (Å²) in [5, 5.41) is 16.9. The Morgan fingerprint density at radius 3 is 1.89 bits per heavy atom. The predicted molar refractivity (Wildman–Crippen MR) is 134 cm³/mol. The van der Waals surface area contributed by atoms with Crippen LogP contribution in [-0.2, 0) is 24.0 Å². The van der Waals surface area contributed by atoms with Crippen LogP contribution in [0.1, 0.15) is 59.8 Å². The second-order valence-electron chi connectivity index (χ2n) is 9.38. The molecular formula is C22H42N8O6. The number of guanidine groups is 1. The summed E-state index contributed by atoms with van der Waals surface area (Å²) in [5.74, 6) is -4.43. The molecule has 14 heteroatoms. The Hall–Kier alpha value is -3.42. The SMILES string of the molecule is CC(C)CC(NC(=O)C(CCC(N)=O)NC(=O)C(NC(=O)C(N)CCCN=C(N)N)C(C)C)C(=O)O. The van der Waals surface area contributed by atoms with E-state index in [1.807, 2.05) is 0 Å². The zero-order valence-corrected chi connectivity index (χ0v) is 21.5. The summed E-state index contributed by atoms with van der Waals surface area (Å²) < 4.78 is 0. The first-order valence-electron chi connectivity index (χ1n) is 11.9. The number of aliphatic carboxylic acids is 1. The number of amides is 4. The molecule has 4 atom stereocenters. The number of carbonyl (C=O) groups is 5. The highest BCUT2D eigenvalue weighted by molar-refractivity contribution is 5.94. The minimum atomic E-state index is -1.24. The molecule has 0 saturated heterocycles. The lowest BCUT2D eigenvalue weighted by Gasteiger charge is -2.27. The highest BCUT2D eigenvalue weighted by Gasteiger charge is 2.32. The molecule has 0 aromatic heterocycles. The summed E-state index contributed by atoms with van der Waals surface area (Å²) in [7, 11) is 0. The molecule has 12 N–H and O–H groups in total. The third kappa shape index (κ3) is 13.5. The Labute approximate surface area is 211 Å². The van der Waals surface area contributed by atoms with Crippen LogP contribution in [0.25, 0.3) is 0 Å². The minimum absolute atomic E-state index is 0.0192. The van der Waals surface area contributed by atoms with Crippen molar-refractivity contribution in [2.45, 2.75) is 84.0 Å². The van der Waals surface area contributed by atoms with Gasteiger partial charge in [-0.15, -0.1) is 0 Å². The lowest BCUT2D eigenvalue weighted by atomic mass is 10.0. The van der Waals surface area contributed by atoms with E-state index in [4.69, 9.17) is 22.9 Å². The number of aliphatic imine (C=N–C) groups is 1. The quantitative estimate of drug-likeness (QED) is 0.0598. The first-order valence-corrected chi connectivity index (χ1v) is 11.9. The van der Waals surface area contributed by atoms with Crippen molar-refractivity contribution in [2.24, 2.45) is 39.8 Å². The van der Waals surface area contributed by atoms with E-state index in [9.17, 15) is 29.1 Å². The molecule has 0 aliphatic rings. The van der Waals surface area contributed by atoms with E-state index < -0.39 is 53.8 Å². The van der Waals surface area contributed by atoms with Crippen LogP contribution in [0, 0.1) is 11.8 Å². The summed E-state index contributed by atoms with van der Waals surface area (Å²) in [6, 6.07) is -4.39. The first kappa shape index (κ1) is 32.6. The van der Waals surface area contributed by atoms with E-state index in [1.165, 1.54) is 0 Å². The van der Waals surface area contributed by atoms with Crippen molar-refractivity contribution in [1.29, 1.82) is 0 Å². The van der Waals surface area contributed by atoms with Crippen LogP contribution >= 0.6 is 0 Å². The number of carboxylic acids is 1. The van der Waals surface area contributed by atoms with Crippen molar-refractivity contribution in [2.75, 3.05) is 6.54 Å². The fourth-order valence-corrected chi connectivity index (χ4v) is 3.23. The summed E-state index contributed by atoms with van der Waals surface area (Å²) in [6.07, 6.45) is 0.513.